The van der Waals surface area contributed by atoms with E-state index >= 15 is 0 Å². The van der Waals surface area contributed by atoms with Gasteiger partial charge in [0.25, 0.3) is 0 Å². The summed E-state index contributed by atoms with van der Waals surface area (Å²) < 4.78 is 18.6. The Morgan fingerprint density at radius 3 is 3.11 bits per heavy atom. The summed E-state index contributed by atoms with van der Waals surface area (Å²) >= 11 is 1.81. The third-order valence-electron chi connectivity index (χ3n) is 3.31. The van der Waals surface area contributed by atoms with E-state index in [0.29, 0.717) is 12.6 Å². The van der Waals surface area contributed by atoms with Crippen molar-refractivity contribution in [3.05, 3.63) is 29.6 Å². The average Bonchev–Trinajstić information content (AvgIpc) is 2.38. The highest BCUT2D eigenvalue weighted by atomic mass is 32.2. The summed E-state index contributed by atoms with van der Waals surface area (Å²) in [5, 5.41) is 3.58. The highest BCUT2D eigenvalue weighted by molar-refractivity contribution is 7.99. The van der Waals surface area contributed by atoms with Crippen molar-refractivity contribution in [3.63, 3.8) is 0 Å². The zero-order chi connectivity index (χ0) is 13.0. The molecule has 2 nitrogen and oxygen atoms in total. The van der Waals surface area contributed by atoms with Crippen LogP contribution in [0.3, 0.4) is 0 Å². The van der Waals surface area contributed by atoms with Gasteiger partial charge < -0.3 is 10.1 Å². The number of methoxy groups -OCH3 is 1. The van der Waals surface area contributed by atoms with Gasteiger partial charge in [-0.2, -0.15) is 0 Å². The third kappa shape index (κ3) is 3.25. The quantitative estimate of drug-likeness (QED) is 0.885. The Labute approximate surface area is 112 Å². The van der Waals surface area contributed by atoms with E-state index in [2.05, 4.69) is 12.2 Å². The van der Waals surface area contributed by atoms with Crippen molar-refractivity contribution in [2.45, 2.75) is 36.7 Å². The first kappa shape index (κ1) is 13.8. The minimum absolute atomic E-state index is 0.150. The Balaban J connectivity index is 2.13. The van der Waals surface area contributed by atoms with Gasteiger partial charge in [0.05, 0.1) is 6.61 Å². The molecule has 0 aliphatic carbocycles. The van der Waals surface area contributed by atoms with Gasteiger partial charge in [0.1, 0.15) is 5.82 Å². The topological polar surface area (TPSA) is 21.3 Å². The third-order valence-corrected chi connectivity index (χ3v) is 4.43. The maximum absolute atomic E-state index is 13.4. The molecule has 0 bridgehead atoms. The SMILES string of the molecule is CCC(COC)NC1CCSc2ccc(F)cc21. The van der Waals surface area contributed by atoms with Gasteiger partial charge in [0, 0.05) is 24.1 Å². The maximum atomic E-state index is 13.4. The van der Waals surface area contributed by atoms with Crippen LogP contribution in [-0.2, 0) is 4.74 Å². The molecule has 2 rings (SSSR count). The number of hydrogen-bond donors (Lipinski definition) is 1. The molecule has 1 heterocycles. The number of ether oxygens (including phenoxy) is 1. The van der Waals surface area contributed by atoms with Crippen LogP contribution in [0.25, 0.3) is 0 Å². The predicted molar refractivity (Wildman–Crippen MR) is 73.6 cm³/mol. The van der Waals surface area contributed by atoms with E-state index in [1.54, 1.807) is 19.2 Å². The molecular formula is C14H20FNOS. The van der Waals surface area contributed by atoms with E-state index in [-0.39, 0.29) is 11.9 Å². The van der Waals surface area contributed by atoms with Gasteiger partial charge in [-0.1, -0.05) is 6.92 Å². The molecule has 0 aromatic heterocycles. The molecule has 4 heteroatoms. The monoisotopic (exact) mass is 269 g/mol. The molecule has 1 aromatic carbocycles. The maximum Gasteiger partial charge on any atom is 0.123 e. The van der Waals surface area contributed by atoms with Crippen LogP contribution in [0.1, 0.15) is 31.4 Å². The van der Waals surface area contributed by atoms with E-state index < -0.39 is 0 Å². The standard InChI is InChI=1S/C14H20FNOS/c1-3-11(9-17-2)16-13-6-7-18-14-5-4-10(15)8-12(13)14/h4-5,8,11,13,16H,3,6-7,9H2,1-2H3. The van der Waals surface area contributed by atoms with Crippen LogP contribution in [-0.4, -0.2) is 25.5 Å². The van der Waals surface area contributed by atoms with Crippen LogP contribution >= 0.6 is 11.8 Å². The first-order valence-electron chi connectivity index (χ1n) is 6.41. The molecule has 2 unspecified atom stereocenters. The molecule has 1 aromatic rings. The summed E-state index contributed by atoms with van der Waals surface area (Å²) in [6.07, 6.45) is 2.06. The number of nitrogens with one attached hydrogen (secondary N) is 1. The van der Waals surface area contributed by atoms with Gasteiger partial charge >= 0.3 is 0 Å². The number of benzene rings is 1. The Hall–Kier alpha value is -0.580. The zero-order valence-corrected chi connectivity index (χ0v) is 11.7. The first-order valence-corrected chi connectivity index (χ1v) is 7.40. The molecule has 0 saturated carbocycles. The van der Waals surface area contributed by atoms with Crippen molar-refractivity contribution in [1.29, 1.82) is 0 Å². The van der Waals surface area contributed by atoms with Crippen molar-refractivity contribution in [2.24, 2.45) is 0 Å². The summed E-state index contributed by atoms with van der Waals surface area (Å²) in [6, 6.07) is 5.68. The lowest BCUT2D eigenvalue weighted by Crippen LogP contribution is -2.37. The van der Waals surface area contributed by atoms with Crippen molar-refractivity contribution in [2.75, 3.05) is 19.5 Å². The van der Waals surface area contributed by atoms with Gasteiger partial charge in [0.2, 0.25) is 0 Å². The van der Waals surface area contributed by atoms with Crippen LogP contribution in [0, 0.1) is 5.82 Å². The van der Waals surface area contributed by atoms with Gasteiger partial charge in [-0.05, 0) is 42.4 Å². The van der Waals surface area contributed by atoms with Crippen molar-refractivity contribution >= 4 is 11.8 Å². The molecule has 1 aliphatic rings. The predicted octanol–water partition coefficient (Wildman–Crippen LogP) is 3.38. The van der Waals surface area contributed by atoms with Crippen LogP contribution in [0.15, 0.2) is 23.1 Å². The normalized spacial score (nSPS) is 20.5. The van der Waals surface area contributed by atoms with Crippen LogP contribution in [0.5, 0.6) is 0 Å². The van der Waals surface area contributed by atoms with E-state index in [1.807, 2.05) is 17.8 Å². The lowest BCUT2D eigenvalue weighted by atomic mass is 10.0. The Morgan fingerprint density at radius 2 is 2.39 bits per heavy atom. The minimum Gasteiger partial charge on any atom is -0.383 e. The number of halogens is 1. The smallest absolute Gasteiger partial charge is 0.123 e. The second-order valence-corrected chi connectivity index (χ2v) is 5.74. The molecule has 2 atom stereocenters. The van der Waals surface area contributed by atoms with Gasteiger partial charge in [-0.3, -0.25) is 0 Å². The molecule has 1 N–H and O–H groups in total. The molecule has 0 saturated heterocycles. The molecule has 100 valence electrons. The Bertz CT molecular complexity index is 399. The van der Waals surface area contributed by atoms with E-state index in [1.165, 1.54) is 4.90 Å². The number of fused-ring (bicyclic) bond motifs is 1. The molecule has 0 fully saturated rings. The summed E-state index contributed by atoms with van der Waals surface area (Å²) in [5.41, 5.74) is 1.10. The highest BCUT2D eigenvalue weighted by Gasteiger charge is 2.23. The molecule has 1 aliphatic heterocycles. The van der Waals surface area contributed by atoms with Gasteiger partial charge in [-0.15, -0.1) is 11.8 Å². The molecular weight excluding hydrogens is 249 g/mol. The fourth-order valence-corrected chi connectivity index (χ4v) is 3.41. The molecule has 0 spiro atoms. The molecule has 18 heavy (non-hydrogen) atoms. The number of hydrogen-bond acceptors (Lipinski definition) is 3. The summed E-state index contributed by atoms with van der Waals surface area (Å²) in [4.78, 5) is 1.20. The fraction of sp³-hybridized carbons (Fsp3) is 0.571. The lowest BCUT2D eigenvalue weighted by Gasteiger charge is -2.29. The van der Waals surface area contributed by atoms with Crippen molar-refractivity contribution in [1.82, 2.24) is 5.32 Å². The van der Waals surface area contributed by atoms with E-state index in [0.717, 1.165) is 24.2 Å². The van der Waals surface area contributed by atoms with Crippen LogP contribution in [0.2, 0.25) is 0 Å². The van der Waals surface area contributed by atoms with E-state index in [9.17, 15) is 4.39 Å². The lowest BCUT2D eigenvalue weighted by molar-refractivity contribution is 0.157. The second-order valence-electron chi connectivity index (χ2n) is 4.60. The fourth-order valence-electron chi connectivity index (χ4n) is 2.31. The molecule has 0 amide bonds. The van der Waals surface area contributed by atoms with E-state index in [4.69, 9.17) is 4.74 Å². The molecule has 0 radical (unpaired) electrons. The zero-order valence-electron chi connectivity index (χ0n) is 10.9. The van der Waals surface area contributed by atoms with Gasteiger partial charge in [-0.25, -0.2) is 4.39 Å². The number of thioether (sulfide) groups is 1. The van der Waals surface area contributed by atoms with Crippen LogP contribution in [0.4, 0.5) is 4.39 Å². The summed E-state index contributed by atoms with van der Waals surface area (Å²) in [6.45, 7) is 2.84. The van der Waals surface area contributed by atoms with Crippen LogP contribution < -0.4 is 5.32 Å². The van der Waals surface area contributed by atoms with Crippen molar-refractivity contribution < 1.29 is 9.13 Å². The Morgan fingerprint density at radius 1 is 1.56 bits per heavy atom. The van der Waals surface area contributed by atoms with Crippen molar-refractivity contribution in [3.8, 4) is 0 Å². The largest absolute Gasteiger partial charge is 0.383 e. The van der Waals surface area contributed by atoms with Gasteiger partial charge in [0.15, 0.2) is 0 Å². The Kier molecular flexibility index (Phi) is 5.03. The second kappa shape index (κ2) is 6.55. The summed E-state index contributed by atoms with van der Waals surface area (Å²) in [5.74, 6) is 0.933. The highest BCUT2D eigenvalue weighted by Crippen LogP contribution is 2.36. The number of rotatable bonds is 5. The average molecular weight is 269 g/mol. The minimum atomic E-state index is -0.150. The first-order chi connectivity index (χ1) is 8.74. The summed E-state index contributed by atoms with van der Waals surface area (Å²) in [7, 11) is 1.72.